The van der Waals surface area contributed by atoms with Gasteiger partial charge in [-0.3, -0.25) is 28.9 Å². The highest BCUT2D eigenvalue weighted by molar-refractivity contribution is 7.97. The summed E-state index contributed by atoms with van der Waals surface area (Å²) in [6, 6.07) is 8.32. The van der Waals surface area contributed by atoms with Crippen LogP contribution in [0.3, 0.4) is 0 Å². The van der Waals surface area contributed by atoms with Crippen molar-refractivity contribution >= 4 is 51.9 Å². The average molecular weight is 973 g/mol. The van der Waals surface area contributed by atoms with Crippen LogP contribution < -0.4 is 20.9 Å². The van der Waals surface area contributed by atoms with Gasteiger partial charge in [-0.1, -0.05) is 29.6 Å². The molecule has 1 saturated carbocycles. The molecule has 3 aromatic heterocycles. The van der Waals surface area contributed by atoms with Crippen LogP contribution in [0.25, 0.3) is 27.8 Å². The molecule has 0 spiro atoms. The van der Waals surface area contributed by atoms with E-state index in [2.05, 4.69) is 25.6 Å². The van der Waals surface area contributed by atoms with Crippen molar-refractivity contribution in [1.82, 2.24) is 39.2 Å². The number of hydrogen-bond donors (Lipinski definition) is 4. The number of anilines is 1. The molecule has 0 bridgehead atoms. The highest BCUT2D eigenvalue weighted by atomic mass is 35.5. The second-order valence-electron chi connectivity index (χ2n) is 15.5. The van der Waals surface area contributed by atoms with Crippen molar-refractivity contribution in [3.05, 3.63) is 122 Å². The Labute approximate surface area is 374 Å². The van der Waals surface area contributed by atoms with Crippen LogP contribution in [0.4, 0.5) is 54.0 Å². The van der Waals surface area contributed by atoms with Crippen LogP contribution in [0.15, 0.2) is 65.6 Å². The lowest BCUT2D eigenvalue weighted by molar-refractivity contribution is -0.287. The zero-order valence-electron chi connectivity index (χ0n) is 33.9. The maximum Gasteiger partial charge on any atom is 0.455 e. The number of nitrogens with one attached hydrogen (secondary N) is 4. The molecule has 3 heterocycles. The van der Waals surface area contributed by atoms with E-state index in [0.29, 0.717) is 15.4 Å². The van der Waals surface area contributed by atoms with E-state index >= 15 is 8.78 Å². The molecular formula is C41H32ClF11N10O2S. The molecule has 66 heavy (non-hydrogen) atoms. The molecular weight excluding hydrogens is 941 g/mol. The smallest absolute Gasteiger partial charge is 0.386 e. The fraction of sp³-hybridized carbons (Fsp3) is 0.317. The van der Waals surface area contributed by atoms with E-state index in [1.165, 1.54) is 37.4 Å². The largest absolute Gasteiger partial charge is 0.455 e. The number of nitrogens with zero attached hydrogens (tertiary/aromatic N) is 6. The Morgan fingerprint density at radius 1 is 1.03 bits per heavy atom. The molecule has 0 aliphatic heterocycles. The number of aromatic nitrogens is 6. The summed E-state index contributed by atoms with van der Waals surface area (Å²) in [5.41, 5.74) is -3.36. The van der Waals surface area contributed by atoms with Gasteiger partial charge in [-0.05, 0) is 60.4 Å². The van der Waals surface area contributed by atoms with Crippen LogP contribution in [0.5, 0.6) is 0 Å². The molecule has 0 saturated heterocycles. The van der Waals surface area contributed by atoms with Crippen molar-refractivity contribution < 1.29 is 53.1 Å². The number of rotatable bonds is 14. The summed E-state index contributed by atoms with van der Waals surface area (Å²) in [4.78, 5) is 33.8. The number of fused-ring (bicyclic) bond motifs is 4. The van der Waals surface area contributed by atoms with E-state index in [0.717, 1.165) is 40.9 Å². The number of hydrogen-bond acceptors (Lipinski definition) is 8. The first kappa shape index (κ1) is 46.4. The molecule has 8 rings (SSSR count). The van der Waals surface area contributed by atoms with Gasteiger partial charge in [0.25, 0.3) is 17.9 Å². The Balaban J connectivity index is 1.31. The summed E-state index contributed by atoms with van der Waals surface area (Å²) in [6.45, 7) is -2.93. The van der Waals surface area contributed by atoms with Crippen LogP contribution in [0, 0.1) is 23.0 Å². The Hall–Kier alpha value is -6.17. The third kappa shape index (κ3) is 8.32. The van der Waals surface area contributed by atoms with Gasteiger partial charge in [0.2, 0.25) is 5.91 Å². The molecule has 2 aliphatic carbocycles. The van der Waals surface area contributed by atoms with Gasteiger partial charge >= 0.3 is 12.1 Å². The van der Waals surface area contributed by atoms with Crippen molar-refractivity contribution in [2.24, 2.45) is 5.92 Å². The summed E-state index contributed by atoms with van der Waals surface area (Å²) in [7, 11) is 1.44. The molecule has 4 N–H and O–H groups in total. The first-order valence-corrected chi connectivity index (χ1v) is 21.1. The summed E-state index contributed by atoms with van der Waals surface area (Å²) in [5, 5.41) is 21.6. The predicted molar refractivity (Wildman–Crippen MR) is 220 cm³/mol. The number of carbonyl (C=O) groups excluding carboxylic acids is 1. The highest BCUT2D eigenvalue weighted by Crippen LogP contribution is 2.68. The average Bonchev–Trinajstić information content (AvgIpc) is 3.65. The number of amidine groups is 1. The quantitative estimate of drug-likeness (QED) is 0.0366. The van der Waals surface area contributed by atoms with Gasteiger partial charge in [-0.2, -0.15) is 40.9 Å². The molecule has 25 heteroatoms. The zero-order valence-corrected chi connectivity index (χ0v) is 35.4. The van der Waals surface area contributed by atoms with Gasteiger partial charge in [0.05, 0.1) is 44.6 Å². The monoisotopic (exact) mass is 972 g/mol. The van der Waals surface area contributed by atoms with E-state index in [9.17, 15) is 49.1 Å². The molecule has 3 atom stereocenters. The first-order chi connectivity index (χ1) is 31.0. The third-order valence-corrected chi connectivity index (χ3v) is 11.9. The molecule has 0 radical (unpaired) electrons. The maximum atomic E-state index is 15.5. The maximum absolute atomic E-state index is 15.5. The van der Waals surface area contributed by atoms with E-state index in [1.54, 1.807) is 6.26 Å². The van der Waals surface area contributed by atoms with Gasteiger partial charge in [-0.25, -0.2) is 22.5 Å². The van der Waals surface area contributed by atoms with Crippen molar-refractivity contribution in [3.8, 4) is 16.9 Å². The van der Waals surface area contributed by atoms with Crippen molar-refractivity contribution in [2.75, 3.05) is 18.6 Å². The summed E-state index contributed by atoms with van der Waals surface area (Å²) < 4.78 is 160. The van der Waals surface area contributed by atoms with Gasteiger partial charge in [-0.15, -0.1) is 0 Å². The number of carbonyl (C=O) groups is 1. The number of alkyl halides is 9. The zero-order chi connectivity index (χ0) is 47.8. The summed E-state index contributed by atoms with van der Waals surface area (Å²) >= 11 is 7.61. The first-order valence-electron chi connectivity index (χ1n) is 19.5. The van der Waals surface area contributed by atoms with Crippen LogP contribution in [-0.2, 0) is 30.2 Å². The molecule has 12 nitrogen and oxygen atoms in total. The lowest BCUT2D eigenvalue weighted by Crippen LogP contribution is -2.40. The molecule has 2 unspecified atom stereocenters. The van der Waals surface area contributed by atoms with Gasteiger partial charge in [0.1, 0.15) is 47.8 Å². The topological polar surface area (TPSA) is 148 Å². The Kier molecular flexibility index (Phi) is 11.9. The minimum atomic E-state index is -5.88. The second-order valence-corrected chi connectivity index (χ2v) is 16.5. The predicted octanol–water partition coefficient (Wildman–Crippen LogP) is 9.06. The highest BCUT2D eigenvalue weighted by Gasteiger charge is 2.67. The van der Waals surface area contributed by atoms with Crippen LogP contribution in [-0.4, -0.2) is 66.3 Å². The second kappa shape index (κ2) is 16.9. The van der Waals surface area contributed by atoms with E-state index < -0.39 is 102 Å². The molecule has 348 valence electrons. The van der Waals surface area contributed by atoms with Crippen LogP contribution in [0.1, 0.15) is 58.7 Å². The van der Waals surface area contributed by atoms with Gasteiger partial charge < -0.3 is 15.4 Å². The summed E-state index contributed by atoms with van der Waals surface area (Å²) in [5.74, 6) is -14.8. The van der Waals surface area contributed by atoms with Crippen molar-refractivity contribution in [3.63, 3.8) is 0 Å². The lowest BCUT2D eigenvalue weighted by Gasteiger charge is -2.25. The van der Waals surface area contributed by atoms with Gasteiger partial charge in [0.15, 0.2) is 0 Å². The number of halogens is 12. The molecule has 3 aromatic carbocycles. The van der Waals surface area contributed by atoms with Gasteiger partial charge in [0, 0.05) is 49.0 Å². The number of benzene rings is 3. The van der Waals surface area contributed by atoms with Crippen LogP contribution in [0.2, 0.25) is 5.02 Å². The SMILES string of the molecule is CNc1c(-n2c(C(Cc3cc(F)cc(F)c3)NC(=O)Cn3nc(C(F)F)c4c3C(F)(F)C3C[C@H]43)nc3cc(-c4ccn(CC(F)(F)C(F)(F)F)n4)ccc3c2=O)ccc(Cl)c1C(=N)NSC. The lowest BCUT2D eigenvalue weighted by atomic mass is 10.0. The molecule has 1 amide bonds. The third-order valence-electron chi connectivity index (χ3n) is 11.2. The van der Waals surface area contributed by atoms with Crippen molar-refractivity contribution in [1.29, 1.82) is 5.41 Å². The summed E-state index contributed by atoms with van der Waals surface area (Å²) in [6.07, 6.45) is -7.28. The fourth-order valence-corrected chi connectivity index (χ4v) is 8.81. The van der Waals surface area contributed by atoms with Crippen molar-refractivity contribution in [2.45, 2.75) is 62.3 Å². The Bertz CT molecular complexity index is 2970. The minimum Gasteiger partial charge on any atom is -0.386 e. The molecule has 2 aliphatic rings. The van der Waals surface area contributed by atoms with E-state index in [-0.39, 0.29) is 67.5 Å². The molecule has 1 fully saturated rings. The Morgan fingerprint density at radius 2 is 1.74 bits per heavy atom. The number of amides is 1. The minimum absolute atomic E-state index is 0.0273. The normalized spacial score (nSPS) is 16.9. The van der Waals surface area contributed by atoms with Crippen LogP contribution >= 0.6 is 23.5 Å². The molecule has 6 aromatic rings. The standard InChI is InChI=1S/C41H32ClF11N10O2S/c1-55-32-28(6-5-24(42)31(32)36(54)60-66-2)63-37(57-26-12-18(3-4-21(26)38(63)65)25-7-8-61(58-25)16-39(47,48)41(51,52)53)27(11-17-9-19(43)13-20(44)10-17)56-29(64)15-62-34-30(33(59-62)35(45)46)22-14-23(22)40(34,49)50/h3-10,12-13,22-23,27,35,55H,11,14-16H2,1-2H3,(H2,54,60)(H,56,64)/t22-,23?,27?/m0/s1. The van der Waals surface area contributed by atoms with E-state index in [4.69, 9.17) is 22.0 Å². The Morgan fingerprint density at radius 3 is 2.39 bits per heavy atom. The van der Waals surface area contributed by atoms with E-state index in [1.807, 2.05) is 0 Å². The fourth-order valence-electron chi connectivity index (χ4n) is 8.25.